The van der Waals surface area contributed by atoms with E-state index in [-0.39, 0.29) is 27.1 Å². The molecule has 0 unspecified atom stereocenters. The maximum absolute atomic E-state index is 12.1. The van der Waals surface area contributed by atoms with Crippen molar-refractivity contribution in [1.82, 2.24) is 0 Å². The van der Waals surface area contributed by atoms with Crippen molar-refractivity contribution in [2.24, 2.45) is 5.73 Å². The molecule has 2 rings (SSSR count). The average molecular weight is 352 g/mol. The van der Waals surface area contributed by atoms with Crippen LogP contribution in [-0.4, -0.2) is 11.5 Å². The van der Waals surface area contributed by atoms with Crippen molar-refractivity contribution < 1.29 is 23.0 Å². The molecule has 0 aliphatic rings. The minimum atomic E-state index is -4.76. The second-order valence-corrected chi connectivity index (χ2v) is 5.26. The van der Waals surface area contributed by atoms with Crippen molar-refractivity contribution in [3.05, 3.63) is 57.6 Å². The van der Waals surface area contributed by atoms with Gasteiger partial charge in [0.1, 0.15) is 11.5 Å². The van der Waals surface area contributed by atoms with Crippen LogP contribution < -0.4 is 10.5 Å². The van der Waals surface area contributed by atoms with Crippen LogP contribution in [0.1, 0.15) is 17.2 Å². The number of ether oxygens (including phenoxy) is 1. The molecular weight excluding hydrogens is 342 g/mol. The zero-order chi connectivity index (χ0) is 16.5. The van der Waals surface area contributed by atoms with Gasteiger partial charge in [0.05, 0.1) is 11.1 Å². The molecule has 0 amide bonds. The van der Waals surface area contributed by atoms with Crippen molar-refractivity contribution in [3.8, 4) is 11.5 Å². The van der Waals surface area contributed by atoms with Gasteiger partial charge in [-0.25, -0.2) is 0 Å². The van der Waals surface area contributed by atoms with Gasteiger partial charge in [-0.15, -0.1) is 13.2 Å². The first-order chi connectivity index (χ1) is 10.2. The van der Waals surface area contributed by atoms with Crippen LogP contribution in [0.4, 0.5) is 13.2 Å². The molecule has 3 N–H and O–H groups in total. The second kappa shape index (κ2) is 6.24. The molecule has 118 valence electrons. The quantitative estimate of drug-likeness (QED) is 0.846. The third-order valence-corrected chi connectivity index (χ3v) is 3.37. The van der Waals surface area contributed by atoms with Gasteiger partial charge in [0, 0.05) is 10.6 Å². The van der Waals surface area contributed by atoms with Crippen LogP contribution in [0.2, 0.25) is 10.0 Å². The highest BCUT2D eigenvalue weighted by Gasteiger charge is 2.31. The summed E-state index contributed by atoms with van der Waals surface area (Å²) in [5.41, 5.74) is 6.72. The Kier molecular flexibility index (Phi) is 4.75. The third-order valence-electron chi connectivity index (χ3n) is 2.87. The molecule has 8 heteroatoms. The van der Waals surface area contributed by atoms with Crippen LogP contribution in [0.15, 0.2) is 36.4 Å². The summed E-state index contributed by atoms with van der Waals surface area (Å²) in [6.07, 6.45) is -4.76. The number of alkyl halides is 3. The van der Waals surface area contributed by atoms with E-state index in [1.807, 2.05) is 0 Å². The summed E-state index contributed by atoms with van der Waals surface area (Å²) in [5, 5.41) is 10.2. The van der Waals surface area contributed by atoms with Crippen molar-refractivity contribution in [2.75, 3.05) is 0 Å². The predicted octanol–water partition coefficient (Wildman–Crippen LogP) is 4.65. The van der Waals surface area contributed by atoms with E-state index in [1.54, 1.807) is 0 Å². The van der Waals surface area contributed by atoms with Crippen molar-refractivity contribution in [2.45, 2.75) is 12.4 Å². The Balaban J connectivity index is 2.29. The lowest BCUT2D eigenvalue weighted by molar-refractivity contribution is -0.274. The van der Waals surface area contributed by atoms with Gasteiger partial charge < -0.3 is 15.6 Å². The Morgan fingerprint density at radius 3 is 2.23 bits per heavy atom. The van der Waals surface area contributed by atoms with Gasteiger partial charge in [-0.05, 0) is 29.8 Å². The normalized spacial score (nSPS) is 13.0. The fourth-order valence-electron chi connectivity index (χ4n) is 1.88. The molecule has 0 aliphatic heterocycles. The monoisotopic (exact) mass is 351 g/mol. The molecule has 3 nitrogen and oxygen atoms in total. The van der Waals surface area contributed by atoms with Crippen LogP contribution in [0.25, 0.3) is 0 Å². The maximum atomic E-state index is 12.1. The highest BCUT2D eigenvalue weighted by molar-refractivity contribution is 6.35. The van der Waals surface area contributed by atoms with E-state index in [1.165, 1.54) is 24.3 Å². The number of hydrogen-bond acceptors (Lipinski definition) is 3. The van der Waals surface area contributed by atoms with Crippen molar-refractivity contribution in [3.63, 3.8) is 0 Å². The maximum Gasteiger partial charge on any atom is 0.573 e. The molecule has 0 radical (unpaired) electrons. The van der Waals surface area contributed by atoms with Gasteiger partial charge in [0.15, 0.2) is 0 Å². The first kappa shape index (κ1) is 16.7. The lowest BCUT2D eigenvalue weighted by atomic mass is 9.98. The second-order valence-electron chi connectivity index (χ2n) is 4.42. The molecule has 22 heavy (non-hydrogen) atoms. The van der Waals surface area contributed by atoms with E-state index in [0.29, 0.717) is 5.56 Å². The number of phenolic OH excluding ortho intramolecular Hbond substituents is 1. The summed E-state index contributed by atoms with van der Waals surface area (Å²) >= 11 is 11.7. The lowest BCUT2D eigenvalue weighted by Gasteiger charge is -2.16. The van der Waals surface area contributed by atoms with E-state index in [4.69, 9.17) is 28.9 Å². The molecule has 0 aliphatic carbocycles. The van der Waals surface area contributed by atoms with Crippen LogP contribution in [-0.2, 0) is 0 Å². The fourth-order valence-corrected chi connectivity index (χ4v) is 2.39. The number of rotatable bonds is 3. The molecule has 2 aromatic carbocycles. The Labute approximate surface area is 134 Å². The van der Waals surface area contributed by atoms with Gasteiger partial charge >= 0.3 is 6.36 Å². The summed E-state index contributed by atoms with van der Waals surface area (Å²) in [7, 11) is 0. The lowest BCUT2D eigenvalue weighted by Crippen LogP contribution is -2.17. The van der Waals surface area contributed by atoms with Crippen LogP contribution in [0.5, 0.6) is 11.5 Å². The van der Waals surface area contributed by atoms with E-state index < -0.39 is 12.4 Å². The summed E-state index contributed by atoms with van der Waals surface area (Å²) < 4.78 is 40.1. The number of hydrogen-bond donors (Lipinski definition) is 2. The molecule has 0 aromatic heterocycles. The highest BCUT2D eigenvalue weighted by Crippen LogP contribution is 2.36. The van der Waals surface area contributed by atoms with Gasteiger partial charge in [-0.3, -0.25) is 0 Å². The number of nitrogens with two attached hydrogens (primary N) is 1. The molecule has 2 aromatic rings. The standard InChI is InChI=1S/C14H10Cl2F3NO2/c15-8-5-10(13(21)11(16)6-8)12(20)7-1-3-9(4-2-7)22-14(17,18)19/h1-6,12,21H,20H2/t12-/m1/s1. The minimum Gasteiger partial charge on any atom is -0.506 e. The predicted molar refractivity (Wildman–Crippen MR) is 77.3 cm³/mol. The molecule has 0 saturated heterocycles. The summed E-state index contributed by atoms with van der Waals surface area (Å²) in [4.78, 5) is 0. The molecular formula is C14H10Cl2F3NO2. The summed E-state index contributed by atoms with van der Waals surface area (Å²) in [6.45, 7) is 0. The topological polar surface area (TPSA) is 55.5 Å². The number of halogens is 5. The summed E-state index contributed by atoms with van der Waals surface area (Å²) in [5.74, 6) is -0.592. The van der Waals surface area contributed by atoms with Gasteiger partial charge in [-0.1, -0.05) is 35.3 Å². The SMILES string of the molecule is N[C@H](c1ccc(OC(F)(F)F)cc1)c1cc(Cl)cc(Cl)c1O. The number of phenols is 1. The Morgan fingerprint density at radius 2 is 1.68 bits per heavy atom. The zero-order valence-corrected chi connectivity index (χ0v) is 12.4. The van der Waals surface area contributed by atoms with Crippen LogP contribution in [0.3, 0.4) is 0 Å². The van der Waals surface area contributed by atoms with E-state index >= 15 is 0 Å². The highest BCUT2D eigenvalue weighted by atomic mass is 35.5. The van der Waals surface area contributed by atoms with Crippen LogP contribution >= 0.6 is 23.2 Å². The van der Waals surface area contributed by atoms with Gasteiger partial charge in [0.2, 0.25) is 0 Å². The largest absolute Gasteiger partial charge is 0.573 e. The van der Waals surface area contributed by atoms with Crippen molar-refractivity contribution in [1.29, 1.82) is 0 Å². The fraction of sp³-hybridized carbons (Fsp3) is 0.143. The van der Waals surface area contributed by atoms with Gasteiger partial charge in [0.25, 0.3) is 0 Å². The molecule has 1 atom stereocenters. The van der Waals surface area contributed by atoms with E-state index in [0.717, 1.165) is 12.1 Å². The number of benzene rings is 2. The minimum absolute atomic E-state index is 0.0370. The van der Waals surface area contributed by atoms with E-state index in [9.17, 15) is 18.3 Å². The summed E-state index contributed by atoms with van der Waals surface area (Å²) in [6, 6.07) is 6.97. The van der Waals surface area contributed by atoms with E-state index in [2.05, 4.69) is 4.74 Å². The molecule has 0 saturated carbocycles. The zero-order valence-electron chi connectivity index (χ0n) is 10.9. The first-order valence-electron chi connectivity index (χ1n) is 5.96. The number of aromatic hydroxyl groups is 1. The van der Waals surface area contributed by atoms with Gasteiger partial charge in [-0.2, -0.15) is 0 Å². The Bertz CT molecular complexity index is 675. The Hall–Kier alpha value is -1.63. The smallest absolute Gasteiger partial charge is 0.506 e. The molecule has 0 heterocycles. The Morgan fingerprint density at radius 1 is 1.09 bits per heavy atom. The average Bonchev–Trinajstić information content (AvgIpc) is 2.41. The molecule has 0 fully saturated rings. The first-order valence-corrected chi connectivity index (χ1v) is 6.72. The molecule has 0 spiro atoms. The molecule has 0 bridgehead atoms. The van der Waals surface area contributed by atoms with Crippen LogP contribution in [0, 0.1) is 0 Å². The third kappa shape index (κ3) is 3.97. The van der Waals surface area contributed by atoms with Crippen molar-refractivity contribution >= 4 is 23.2 Å².